The molecule has 0 unspecified atom stereocenters. The Morgan fingerprint density at radius 1 is 1.40 bits per heavy atom. The number of nitrogens with two attached hydrogens (primary N) is 1. The van der Waals surface area contributed by atoms with Gasteiger partial charge in [-0.15, -0.1) is 0 Å². The van der Waals surface area contributed by atoms with E-state index >= 15 is 0 Å². The van der Waals surface area contributed by atoms with Crippen LogP contribution >= 0.6 is 0 Å². The molecular formula is C8H15N3O4. The van der Waals surface area contributed by atoms with Gasteiger partial charge in [0, 0.05) is 7.05 Å². The quantitative estimate of drug-likeness (QED) is 0.487. The maximum atomic E-state index is 11.2. The Morgan fingerprint density at radius 2 is 2.00 bits per heavy atom. The predicted octanol–water partition coefficient (Wildman–Crippen LogP) is -2.31. The number of amides is 2. The number of likely N-dealkylation sites (N-methyl/N-ethyl adjacent to an activating group) is 2. The lowest BCUT2D eigenvalue weighted by Gasteiger charge is -2.15. The zero-order chi connectivity index (χ0) is 11.8. The van der Waals surface area contributed by atoms with Crippen molar-refractivity contribution in [2.75, 3.05) is 33.8 Å². The van der Waals surface area contributed by atoms with Gasteiger partial charge in [-0.3, -0.25) is 14.4 Å². The number of hydrogen-bond acceptors (Lipinski definition) is 5. The topological polar surface area (TPSA) is 102 Å². The van der Waals surface area contributed by atoms with E-state index in [4.69, 9.17) is 5.73 Å². The van der Waals surface area contributed by atoms with E-state index in [0.29, 0.717) is 0 Å². The Kier molecular flexibility index (Phi) is 6.03. The first-order chi connectivity index (χ1) is 6.97. The predicted molar refractivity (Wildman–Crippen MR) is 51.7 cm³/mol. The molecule has 0 aromatic rings. The van der Waals surface area contributed by atoms with Crippen LogP contribution < -0.4 is 11.1 Å². The number of esters is 1. The molecule has 0 aromatic carbocycles. The number of ether oxygens (including phenoxy) is 1. The van der Waals surface area contributed by atoms with Crippen LogP contribution in [-0.4, -0.2) is 56.5 Å². The number of primary amides is 1. The van der Waals surface area contributed by atoms with Crippen LogP contribution in [0.3, 0.4) is 0 Å². The third-order valence-electron chi connectivity index (χ3n) is 1.50. The molecule has 0 radical (unpaired) electrons. The van der Waals surface area contributed by atoms with E-state index in [-0.39, 0.29) is 19.0 Å². The molecule has 3 N–H and O–H groups in total. The summed E-state index contributed by atoms with van der Waals surface area (Å²) in [7, 11) is 3.09. The first kappa shape index (κ1) is 13.4. The van der Waals surface area contributed by atoms with E-state index in [0.717, 1.165) is 0 Å². The maximum absolute atomic E-state index is 11.2. The van der Waals surface area contributed by atoms with Crippen LogP contribution in [0.2, 0.25) is 0 Å². The molecule has 0 rings (SSSR count). The summed E-state index contributed by atoms with van der Waals surface area (Å²) in [6, 6.07) is 0. The van der Waals surface area contributed by atoms with Gasteiger partial charge in [-0.25, -0.2) is 0 Å². The Labute approximate surface area is 87.5 Å². The van der Waals surface area contributed by atoms with Crippen LogP contribution in [0.4, 0.5) is 0 Å². The summed E-state index contributed by atoms with van der Waals surface area (Å²) in [5, 5.41) is 2.65. The van der Waals surface area contributed by atoms with Gasteiger partial charge in [-0.1, -0.05) is 0 Å². The molecule has 0 saturated carbocycles. The fourth-order valence-electron chi connectivity index (χ4n) is 0.765. The van der Waals surface area contributed by atoms with Gasteiger partial charge in [0.05, 0.1) is 6.54 Å². The smallest absolute Gasteiger partial charge is 0.326 e. The van der Waals surface area contributed by atoms with Crippen LogP contribution in [0, 0.1) is 0 Å². The summed E-state index contributed by atoms with van der Waals surface area (Å²) in [5.74, 6) is -1.64. The lowest BCUT2D eigenvalue weighted by molar-refractivity contribution is -0.151. The second-order valence-electron chi connectivity index (χ2n) is 2.91. The van der Waals surface area contributed by atoms with Crippen molar-refractivity contribution >= 4 is 17.8 Å². The normalized spacial score (nSPS) is 9.47. The highest BCUT2D eigenvalue weighted by Crippen LogP contribution is 1.86. The van der Waals surface area contributed by atoms with E-state index < -0.39 is 18.5 Å². The first-order valence-corrected chi connectivity index (χ1v) is 4.30. The van der Waals surface area contributed by atoms with Gasteiger partial charge in [0.15, 0.2) is 6.61 Å². The Balaban J connectivity index is 3.85. The number of nitrogens with one attached hydrogen (secondary N) is 1. The zero-order valence-corrected chi connectivity index (χ0v) is 8.78. The summed E-state index contributed by atoms with van der Waals surface area (Å²) in [5.41, 5.74) is 4.77. The van der Waals surface area contributed by atoms with Crippen molar-refractivity contribution in [3.63, 3.8) is 0 Å². The molecule has 0 atom stereocenters. The third kappa shape index (κ3) is 6.44. The number of rotatable bonds is 6. The molecule has 0 aliphatic heterocycles. The minimum atomic E-state index is -0.729. The Hall–Kier alpha value is -1.63. The number of carbonyl (C=O) groups excluding carboxylic acids is 3. The lowest BCUT2D eigenvalue weighted by atomic mass is 10.5. The maximum Gasteiger partial charge on any atom is 0.326 e. The summed E-state index contributed by atoms with van der Waals surface area (Å²) < 4.78 is 4.47. The minimum absolute atomic E-state index is 0.138. The fraction of sp³-hybridized carbons (Fsp3) is 0.625. The minimum Gasteiger partial charge on any atom is -0.454 e. The molecule has 0 spiro atoms. The molecule has 0 aliphatic carbocycles. The summed E-state index contributed by atoms with van der Waals surface area (Å²) in [4.78, 5) is 33.7. The Bertz CT molecular complexity index is 254. The fourth-order valence-corrected chi connectivity index (χ4v) is 0.765. The van der Waals surface area contributed by atoms with Crippen LogP contribution in [0.15, 0.2) is 0 Å². The summed E-state index contributed by atoms with van der Waals surface area (Å²) in [6.07, 6.45) is 0. The molecule has 0 bridgehead atoms. The van der Waals surface area contributed by atoms with Crippen molar-refractivity contribution in [3.8, 4) is 0 Å². The highest BCUT2D eigenvalue weighted by Gasteiger charge is 2.13. The van der Waals surface area contributed by atoms with Gasteiger partial charge in [0.25, 0.3) is 5.91 Å². The van der Waals surface area contributed by atoms with Gasteiger partial charge in [0.1, 0.15) is 6.54 Å². The summed E-state index contributed by atoms with van der Waals surface area (Å²) >= 11 is 0. The second kappa shape index (κ2) is 6.77. The van der Waals surface area contributed by atoms with Crippen LogP contribution in [0.5, 0.6) is 0 Å². The molecule has 0 aliphatic rings. The molecule has 0 aromatic heterocycles. The highest BCUT2D eigenvalue weighted by atomic mass is 16.5. The van der Waals surface area contributed by atoms with Crippen molar-refractivity contribution in [2.24, 2.45) is 5.73 Å². The standard InChI is InChI=1S/C8H15N3O4/c1-10-3-7(13)11(2)4-8(14)15-5-6(9)12/h10H,3-5H2,1-2H3,(H2,9,12). The van der Waals surface area contributed by atoms with Crippen LogP contribution in [0.1, 0.15) is 0 Å². The van der Waals surface area contributed by atoms with E-state index in [9.17, 15) is 14.4 Å². The number of hydrogen-bond donors (Lipinski definition) is 2. The van der Waals surface area contributed by atoms with Gasteiger partial charge in [-0.05, 0) is 7.05 Å². The molecule has 0 heterocycles. The van der Waals surface area contributed by atoms with Crippen molar-refractivity contribution in [1.29, 1.82) is 0 Å². The molecule has 7 nitrogen and oxygen atoms in total. The van der Waals surface area contributed by atoms with Crippen LogP contribution in [0.25, 0.3) is 0 Å². The van der Waals surface area contributed by atoms with Crippen molar-refractivity contribution in [1.82, 2.24) is 10.2 Å². The van der Waals surface area contributed by atoms with Crippen LogP contribution in [-0.2, 0) is 19.1 Å². The monoisotopic (exact) mass is 217 g/mol. The van der Waals surface area contributed by atoms with Crippen molar-refractivity contribution < 1.29 is 19.1 Å². The van der Waals surface area contributed by atoms with E-state index in [1.807, 2.05) is 0 Å². The molecule has 0 saturated heterocycles. The van der Waals surface area contributed by atoms with Gasteiger partial charge in [0.2, 0.25) is 5.91 Å². The van der Waals surface area contributed by atoms with Gasteiger partial charge < -0.3 is 20.7 Å². The highest BCUT2D eigenvalue weighted by molar-refractivity contribution is 5.84. The Morgan fingerprint density at radius 3 is 2.47 bits per heavy atom. The summed E-state index contributed by atoms with van der Waals surface area (Å²) in [6.45, 7) is -0.527. The molecule has 86 valence electrons. The molecular weight excluding hydrogens is 202 g/mol. The molecule has 2 amide bonds. The third-order valence-corrected chi connectivity index (χ3v) is 1.50. The lowest BCUT2D eigenvalue weighted by Crippen LogP contribution is -2.38. The number of nitrogens with zero attached hydrogens (tertiary/aromatic N) is 1. The number of carbonyl (C=O) groups is 3. The van der Waals surface area contributed by atoms with Crippen molar-refractivity contribution in [3.05, 3.63) is 0 Å². The van der Waals surface area contributed by atoms with Gasteiger partial charge >= 0.3 is 5.97 Å². The molecule has 7 heteroatoms. The van der Waals surface area contributed by atoms with Crippen molar-refractivity contribution in [2.45, 2.75) is 0 Å². The molecule has 15 heavy (non-hydrogen) atoms. The zero-order valence-electron chi connectivity index (χ0n) is 8.78. The van der Waals surface area contributed by atoms with E-state index in [2.05, 4.69) is 10.1 Å². The van der Waals surface area contributed by atoms with E-state index in [1.165, 1.54) is 11.9 Å². The first-order valence-electron chi connectivity index (χ1n) is 4.30. The molecule has 0 fully saturated rings. The average molecular weight is 217 g/mol. The second-order valence-corrected chi connectivity index (χ2v) is 2.91. The average Bonchev–Trinajstić information content (AvgIpc) is 2.15. The van der Waals surface area contributed by atoms with Gasteiger partial charge in [-0.2, -0.15) is 0 Å². The largest absolute Gasteiger partial charge is 0.454 e. The van der Waals surface area contributed by atoms with E-state index in [1.54, 1.807) is 7.05 Å². The SMILES string of the molecule is CNCC(=O)N(C)CC(=O)OCC(N)=O.